The van der Waals surface area contributed by atoms with Crippen molar-refractivity contribution in [2.45, 2.75) is 0 Å². The first-order valence-electron chi connectivity index (χ1n) is 5.35. The Morgan fingerprint density at radius 1 is 1.21 bits per heavy atom. The summed E-state index contributed by atoms with van der Waals surface area (Å²) in [5, 5.41) is 17.2. The molecule has 7 heteroatoms. The Bertz CT molecular complexity index is 731. The number of rotatable bonds is 3. The van der Waals surface area contributed by atoms with Gasteiger partial charge in [-0.05, 0) is 30.4 Å². The molecule has 19 heavy (non-hydrogen) atoms. The topological polar surface area (TPSA) is 93.6 Å². The lowest BCUT2D eigenvalue weighted by atomic mass is 10.3. The third kappa shape index (κ3) is 3.46. The molecule has 96 valence electrons. The van der Waals surface area contributed by atoms with Crippen LogP contribution < -0.4 is 5.56 Å². The number of aromatic hydroxyl groups is 1. The fourth-order valence-corrected chi connectivity index (χ4v) is 1.53. The van der Waals surface area contributed by atoms with E-state index in [4.69, 9.17) is 12.2 Å². The zero-order valence-corrected chi connectivity index (χ0v) is 10.5. The zero-order valence-electron chi connectivity index (χ0n) is 9.70. The second-order valence-electron chi connectivity index (χ2n) is 3.54. The maximum Gasteiger partial charge on any atom is 0.262 e. The van der Waals surface area contributed by atoms with Crippen molar-refractivity contribution in [1.82, 2.24) is 9.97 Å². The van der Waals surface area contributed by atoms with E-state index < -0.39 is 5.56 Å². The van der Waals surface area contributed by atoms with Gasteiger partial charge in [0.1, 0.15) is 5.56 Å². The molecule has 0 aliphatic carbocycles. The predicted molar refractivity (Wildman–Crippen MR) is 73.9 cm³/mol. The van der Waals surface area contributed by atoms with Gasteiger partial charge in [0.05, 0.1) is 11.9 Å². The van der Waals surface area contributed by atoms with Crippen molar-refractivity contribution in [2.24, 2.45) is 10.2 Å². The minimum Gasteiger partial charge on any atom is -0.494 e. The normalized spacial score (nSPS) is 11.4. The smallest absolute Gasteiger partial charge is 0.262 e. The number of H-pyrrole nitrogens is 2. The molecule has 0 amide bonds. The van der Waals surface area contributed by atoms with Crippen LogP contribution in [0.3, 0.4) is 0 Å². The largest absolute Gasteiger partial charge is 0.494 e. The summed E-state index contributed by atoms with van der Waals surface area (Å²) in [5.41, 5.74) is 0.241. The van der Waals surface area contributed by atoms with Gasteiger partial charge in [0.25, 0.3) is 5.56 Å². The van der Waals surface area contributed by atoms with E-state index in [-0.39, 0.29) is 16.2 Å². The molecule has 0 aliphatic heterocycles. The van der Waals surface area contributed by atoms with Crippen molar-refractivity contribution < 1.29 is 5.11 Å². The van der Waals surface area contributed by atoms with Gasteiger partial charge in [0, 0.05) is 0 Å². The molecule has 6 nitrogen and oxygen atoms in total. The molecule has 0 unspecified atom stereocenters. The van der Waals surface area contributed by atoms with Crippen molar-refractivity contribution >= 4 is 24.0 Å². The van der Waals surface area contributed by atoms with Gasteiger partial charge in [-0.1, -0.05) is 18.2 Å². The summed E-state index contributed by atoms with van der Waals surface area (Å²) in [4.78, 5) is 16.3. The van der Waals surface area contributed by atoms with Crippen molar-refractivity contribution in [3.8, 4) is 5.88 Å². The van der Waals surface area contributed by atoms with Crippen molar-refractivity contribution in [1.29, 1.82) is 0 Å². The number of azo groups is 1. The van der Waals surface area contributed by atoms with Crippen molar-refractivity contribution in [2.75, 3.05) is 0 Å². The number of aromatic nitrogens is 2. The molecule has 2 aromatic rings. The summed E-state index contributed by atoms with van der Waals surface area (Å²) >= 11 is 4.71. The quantitative estimate of drug-likeness (QED) is 0.593. The first-order chi connectivity index (χ1) is 9.16. The summed E-state index contributed by atoms with van der Waals surface area (Å²) in [6.07, 6.45) is 2.65. The van der Waals surface area contributed by atoms with Crippen LogP contribution in [-0.2, 0) is 0 Å². The SMILES string of the molecule is O=c1[nH]c(=S)[nH]c(O)c1/C=C/N=Nc1ccccc1. The lowest BCUT2D eigenvalue weighted by Crippen LogP contribution is -2.10. The minimum atomic E-state index is -0.493. The van der Waals surface area contributed by atoms with Crippen LogP contribution in [0.4, 0.5) is 5.69 Å². The Kier molecular flexibility index (Phi) is 3.99. The highest BCUT2D eigenvalue weighted by atomic mass is 32.1. The molecule has 0 aliphatic rings. The Labute approximate surface area is 113 Å². The van der Waals surface area contributed by atoms with Gasteiger partial charge in [-0.25, -0.2) is 0 Å². The van der Waals surface area contributed by atoms with Crippen LogP contribution in [0.2, 0.25) is 0 Å². The van der Waals surface area contributed by atoms with Gasteiger partial charge in [-0.2, -0.15) is 10.2 Å². The summed E-state index contributed by atoms with van der Waals surface area (Å²) in [7, 11) is 0. The number of nitrogens with zero attached hydrogens (tertiary/aromatic N) is 2. The van der Waals surface area contributed by atoms with Crippen molar-refractivity contribution in [3.63, 3.8) is 0 Å². The maximum atomic E-state index is 11.5. The average Bonchev–Trinajstić information content (AvgIpc) is 2.38. The molecule has 0 radical (unpaired) electrons. The molecule has 0 atom stereocenters. The first-order valence-corrected chi connectivity index (χ1v) is 5.75. The minimum absolute atomic E-state index is 0.0422. The second-order valence-corrected chi connectivity index (χ2v) is 3.95. The van der Waals surface area contributed by atoms with Crippen LogP contribution in [0.5, 0.6) is 5.88 Å². The summed E-state index contributed by atoms with van der Waals surface area (Å²) in [6, 6.07) is 9.14. The Hall–Kier alpha value is -2.54. The van der Waals surface area contributed by atoms with Gasteiger partial charge in [0.15, 0.2) is 4.77 Å². The van der Waals surface area contributed by atoms with E-state index in [9.17, 15) is 9.90 Å². The molecule has 0 bridgehead atoms. The molecule has 1 aromatic heterocycles. The molecule has 0 saturated carbocycles. The third-order valence-electron chi connectivity index (χ3n) is 2.20. The summed E-state index contributed by atoms with van der Waals surface area (Å²) < 4.78 is 0.0607. The Balaban J connectivity index is 2.19. The van der Waals surface area contributed by atoms with E-state index in [1.807, 2.05) is 18.2 Å². The van der Waals surface area contributed by atoms with Gasteiger partial charge >= 0.3 is 0 Å². The molecule has 1 heterocycles. The zero-order chi connectivity index (χ0) is 13.7. The second kappa shape index (κ2) is 5.87. The number of hydrogen-bond acceptors (Lipinski definition) is 5. The summed E-state index contributed by atoms with van der Waals surface area (Å²) in [5.74, 6) is -0.306. The van der Waals surface area contributed by atoms with E-state index in [0.29, 0.717) is 5.69 Å². The van der Waals surface area contributed by atoms with Gasteiger partial charge < -0.3 is 10.1 Å². The number of aromatic amines is 2. The number of hydrogen-bond donors (Lipinski definition) is 3. The fourth-order valence-electron chi connectivity index (χ4n) is 1.34. The molecule has 0 fully saturated rings. The Morgan fingerprint density at radius 3 is 2.63 bits per heavy atom. The van der Waals surface area contributed by atoms with E-state index in [0.717, 1.165) is 0 Å². The molecule has 1 aromatic carbocycles. The highest BCUT2D eigenvalue weighted by molar-refractivity contribution is 7.71. The van der Waals surface area contributed by atoms with E-state index in [1.165, 1.54) is 12.3 Å². The van der Waals surface area contributed by atoms with Crippen LogP contribution in [0, 0.1) is 4.77 Å². The van der Waals surface area contributed by atoms with Gasteiger partial charge in [0.2, 0.25) is 5.88 Å². The van der Waals surface area contributed by atoms with Gasteiger partial charge in [-0.3, -0.25) is 9.78 Å². The molecule has 0 spiro atoms. The van der Waals surface area contributed by atoms with Crippen LogP contribution in [0.15, 0.2) is 51.6 Å². The maximum absolute atomic E-state index is 11.5. The number of nitrogens with one attached hydrogen (secondary N) is 2. The molecule has 2 rings (SSSR count). The third-order valence-corrected chi connectivity index (χ3v) is 2.40. The highest BCUT2D eigenvalue weighted by Gasteiger charge is 2.02. The number of benzene rings is 1. The summed E-state index contributed by atoms with van der Waals surface area (Å²) in [6.45, 7) is 0. The molecular formula is C12H10N4O2S. The lowest BCUT2D eigenvalue weighted by molar-refractivity contribution is 0.448. The predicted octanol–water partition coefficient (Wildman–Crippen LogP) is 2.89. The first kappa shape index (κ1) is 12.9. The van der Waals surface area contributed by atoms with Crippen LogP contribution in [0.25, 0.3) is 6.08 Å². The van der Waals surface area contributed by atoms with Gasteiger partial charge in [-0.15, -0.1) is 0 Å². The fraction of sp³-hybridized carbons (Fsp3) is 0. The Morgan fingerprint density at radius 2 is 1.95 bits per heavy atom. The van der Waals surface area contributed by atoms with E-state index in [2.05, 4.69) is 20.2 Å². The van der Waals surface area contributed by atoms with Crippen molar-refractivity contribution in [3.05, 3.63) is 57.2 Å². The van der Waals surface area contributed by atoms with Crippen LogP contribution >= 0.6 is 12.2 Å². The average molecular weight is 274 g/mol. The molecule has 0 saturated heterocycles. The highest BCUT2D eigenvalue weighted by Crippen LogP contribution is 2.12. The standard InChI is InChI=1S/C12H10N4O2S/c17-10-9(11(18)15-12(19)14-10)6-7-13-16-8-4-2-1-3-5-8/h1-7H,(H3,14,15,17,18,19)/b7-6+,16-13?. The van der Waals surface area contributed by atoms with Crippen LogP contribution in [-0.4, -0.2) is 15.1 Å². The molecule has 3 N–H and O–H groups in total. The van der Waals surface area contributed by atoms with E-state index in [1.54, 1.807) is 12.1 Å². The monoisotopic (exact) mass is 274 g/mol. The molecular weight excluding hydrogens is 264 g/mol. The lowest BCUT2D eigenvalue weighted by Gasteiger charge is -1.96. The van der Waals surface area contributed by atoms with E-state index >= 15 is 0 Å². The van der Waals surface area contributed by atoms with Crippen LogP contribution in [0.1, 0.15) is 5.56 Å².